The summed E-state index contributed by atoms with van der Waals surface area (Å²) in [7, 11) is 1.57. The minimum atomic E-state index is -2.80. The fraction of sp³-hybridized carbons (Fsp3) is 0.292. The van der Waals surface area contributed by atoms with Crippen molar-refractivity contribution in [3.63, 3.8) is 0 Å². The van der Waals surface area contributed by atoms with Crippen molar-refractivity contribution in [3.8, 4) is 0 Å². The Morgan fingerprint density at radius 1 is 1.21 bits per heavy atom. The molecule has 1 atom stereocenters. The van der Waals surface area contributed by atoms with Gasteiger partial charge in [0.2, 0.25) is 0 Å². The van der Waals surface area contributed by atoms with E-state index in [-0.39, 0.29) is 24.2 Å². The quantitative estimate of drug-likeness (QED) is 0.592. The van der Waals surface area contributed by atoms with Gasteiger partial charge in [-0.05, 0) is 25.1 Å². The van der Waals surface area contributed by atoms with Crippen LogP contribution in [0.25, 0.3) is 5.65 Å². The third kappa shape index (κ3) is 3.49. The number of aromatic nitrogens is 2. The van der Waals surface area contributed by atoms with Gasteiger partial charge in [0.25, 0.3) is 11.8 Å². The van der Waals surface area contributed by atoms with Crippen LogP contribution in [0.3, 0.4) is 0 Å². The number of aliphatic imine (C=N–C) groups is 1. The van der Waals surface area contributed by atoms with Gasteiger partial charge in [-0.3, -0.25) is 14.7 Å². The molecule has 1 aromatic carbocycles. The molecule has 0 spiro atoms. The van der Waals surface area contributed by atoms with Crippen LogP contribution in [0.4, 0.5) is 24.5 Å². The third-order valence-electron chi connectivity index (χ3n) is 6.47. The number of nitrogens with two attached hydrogens (primary N) is 1. The molecule has 0 bridgehead atoms. The Hall–Kier alpha value is -3.82. The lowest BCUT2D eigenvalue weighted by Crippen LogP contribution is -2.32. The first-order valence-corrected chi connectivity index (χ1v) is 10.8. The molecule has 0 radical (unpaired) electrons. The molecule has 0 aliphatic carbocycles. The molecule has 2 aromatic heterocycles. The van der Waals surface area contributed by atoms with Crippen LogP contribution < -0.4 is 15.5 Å². The summed E-state index contributed by atoms with van der Waals surface area (Å²) in [5.41, 5.74) is 8.81. The first-order chi connectivity index (χ1) is 16.2. The lowest BCUT2D eigenvalue weighted by molar-refractivity contribution is -0.114. The second-order valence-electron chi connectivity index (χ2n) is 8.53. The lowest BCUT2D eigenvalue weighted by atomic mass is 9.94. The second-order valence-corrected chi connectivity index (χ2v) is 8.53. The summed E-state index contributed by atoms with van der Waals surface area (Å²) < 4.78 is 44.7. The summed E-state index contributed by atoms with van der Waals surface area (Å²) in [6.45, 7) is 1.40. The third-order valence-corrected chi connectivity index (χ3v) is 6.47. The Balaban J connectivity index is 1.61. The summed E-state index contributed by atoms with van der Waals surface area (Å²) in [6.07, 6.45) is 4.89. The van der Waals surface area contributed by atoms with Crippen LogP contribution in [0.1, 0.15) is 24.9 Å². The number of halogens is 3. The Labute approximate surface area is 194 Å². The zero-order valence-corrected chi connectivity index (χ0v) is 18.7. The van der Waals surface area contributed by atoms with Crippen LogP contribution in [0.5, 0.6) is 0 Å². The number of amides is 1. The SMILES string of the molecule is CN=C(C)C1=C(N)C(=O)N(c2ccn3ccnc3c2)C1c1ccc(N2CCC(F)(F)C2)cc1F. The zero-order valence-electron chi connectivity index (χ0n) is 18.7. The predicted octanol–water partition coefficient (Wildman–Crippen LogP) is 3.71. The van der Waals surface area contributed by atoms with Gasteiger partial charge in [-0.15, -0.1) is 0 Å². The highest BCUT2D eigenvalue weighted by Crippen LogP contribution is 2.42. The van der Waals surface area contributed by atoms with Crippen molar-refractivity contribution in [3.05, 3.63) is 71.6 Å². The number of alkyl halides is 2. The molecule has 0 saturated carbocycles. The standard InChI is InChI=1S/C24H23F3N6O/c1-14(29-2)20-21(28)23(34)33(16-5-8-31-10-7-30-19(31)12-16)22(20)17-4-3-15(11-18(17)25)32-9-6-24(26,27)13-32/h3-5,7-8,10-12,22H,6,9,13,28H2,1-2H3. The van der Waals surface area contributed by atoms with Crippen molar-refractivity contribution in [2.75, 3.05) is 29.9 Å². The first kappa shape index (κ1) is 22.0. The van der Waals surface area contributed by atoms with Crippen molar-refractivity contribution in [1.29, 1.82) is 0 Å². The molecule has 2 N–H and O–H groups in total. The van der Waals surface area contributed by atoms with E-state index in [1.807, 2.05) is 0 Å². The van der Waals surface area contributed by atoms with Crippen LogP contribution in [-0.4, -0.2) is 47.1 Å². The molecule has 1 fully saturated rings. The highest BCUT2D eigenvalue weighted by atomic mass is 19.3. The van der Waals surface area contributed by atoms with Crippen LogP contribution in [-0.2, 0) is 4.79 Å². The number of hydrogen-bond acceptors (Lipinski definition) is 5. The molecule has 1 saturated heterocycles. The molecule has 5 rings (SSSR count). The fourth-order valence-corrected chi connectivity index (χ4v) is 4.65. The molecule has 4 heterocycles. The summed E-state index contributed by atoms with van der Waals surface area (Å²) in [6, 6.07) is 6.95. The maximum Gasteiger partial charge on any atom is 0.275 e. The molecule has 2 aliphatic rings. The molecule has 7 nitrogen and oxygen atoms in total. The van der Waals surface area contributed by atoms with E-state index in [1.165, 1.54) is 21.9 Å². The van der Waals surface area contributed by atoms with E-state index in [0.717, 1.165) is 0 Å². The number of pyridine rings is 1. The molecular weight excluding hydrogens is 445 g/mol. The van der Waals surface area contributed by atoms with Gasteiger partial charge in [-0.25, -0.2) is 18.2 Å². The van der Waals surface area contributed by atoms with E-state index in [9.17, 15) is 13.6 Å². The molecule has 1 amide bonds. The van der Waals surface area contributed by atoms with E-state index in [4.69, 9.17) is 5.73 Å². The minimum Gasteiger partial charge on any atom is -0.394 e. The van der Waals surface area contributed by atoms with E-state index >= 15 is 4.39 Å². The number of benzene rings is 1. The second kappa shape index (κ2) is 7.89. The van der Waals surface area contributed by atoms with Crippen LogP contribution in [0.2, 0.25) is 0 Å². The summed E-state index contributed by atoms with van der Waals surface area (Å²) >= 11 is 0. The highest BCUT2D eigenvalue weighted by molar-refractivity contribution is 6.18. The van der Waals surface area contributed by atoms with Gasteiger partial charge >= 0.3 is 0 Å². The molecule has 3 aromatic rings. The van der Waals surface area contributed by atoms with Gasteiger partial charge in [0, 0.05) is 67.2 Å². The van der Waals surface area contributed by atoms with Gasteiger partial charge in [0.15, 0.2) is 0 Å². The van der Waals surface area contributed by atoms with Crippen molar-refractivity contribution in [1.82, 2.24) is 9.38 Å². The molecule has 34 heavy (non-hydrogen) atoms. The van der Waals surface area contributed by atoms with Crippen LogP contribution in [0, 0.1) is 5.82 Å². The average molecular weight is 468 g/mol. The van der Waals surface area contributed by atoms with Crippen LogP contribution >= 0.6 is 0 Å². The zero-order chi connectivity index (χ0) is 24.2. The topological polar surface area (TPSA) is 79.2 Å². The summed E-state index contributed by atoms with van der Waals surface area (Å²) in [4.78, 5) is 24.6. The van der Waals surface area contributed by atoms with E-state index < -0.39 is 30.2 Å². The Bertz CT molecular complexity index is 1360. The largest absolute Gasteiger partial charge is 0.394 e. The normalized spacial score (nSPS) is 20.8. The average Bonchev–Trinajstić information content (AvgIpc) is 3.49. The molecule has 2 aliphatic heterocycles. The maximum atomic E-state index is 15.6. The summed E-state index contributed by atoms with van der Waals surface area (Å²) in [5, 5.41) is 0. The van der Waals surface area contributed by atoms with E-state index in [1.54, 1.807) is 55.2 Å². The van der Waals surface area contributed by atoms with Gasteiger partial charge < -0.3 is 15.0 Å². The highest BCUT2D eigenvalue weighted by Gasteiger charge is 2.43. The van der Waals surface area contributed by atoms with Crippen LogP contribution in [0.15, 0.2) is 65.2 Å². The number of fused-ring (bicyclic) bond motifs is 1. The summed E-state index contributed by atoms with van der Waals surface area (Å²) in [5.74, 6) is -3.89. The van der Waals surface area contributed by atoms with E-state index in [0.29, 0.717) is 28.3 Å². The Morgan fingerprint density at radius 2 is 2.00 bits per heavy atom. The van der Waals surface area contributed by atoms with Gasteiger partial charge in [0.1, 0.15) is 17.2 Å². The van der Waals surface area contributed by atoms with Crippen molar-refractivity contribution in [2.24, 2.45) is 10.7 Å². The smallest absolute Gasteiger partial charge is 0.275 e. The van der Waals surface area contributed by atoms with Crippen molar-refractivity contribution in [2.45, 2.75) is 25.3 Å². The number of carbonyl (C=O) groups is 1. The number of imidazole rings is 1. The predicted molar refractivity (Wildman–Crippen MR) is 124 cm³/mol. The molecule has 10 heteroatoms. The van der Waals surface area contributed by atoms with Gasteiger partial charge in [-0.2, -0.15) is 0 Å². The monoisotopic (exact) mass is 468 g/mol. The van der Waals surface area contributed by atoms with Gasteiger partial charge in [0.05, 0.1) is 18.3 Å². The lowest BCUT2D eigenvalue weighted by Gasteiger charge is -2.28. The first-order valence-electron chi connectivity index (χ1n) is 10.8. The number of rotatable bonds is 4. The molecule has 1 unspecified atom stereocenters. The van der Waals surface area contributed by atoms with Crippen molar-refractivity contribution >= 4 is 28.6 Å². The number of carbonyl (C=O) groups excluding carboxylic acids is 1. The Kier molecular flexibility index (Phi) is 5.11. The number of hydrogen-bond donors (Lipinski definition) is 1. The Morgan fingerprint density at radius 3 is 2.68 bits per heavy atom. The van der Waals surface area contributed by atoms with Gasteiger partial charge in [-0.1, -0.05) is 6.07 Å². The fourth-order valence-electron chi connectivity index (χ4n) is 4.65. The number of nitrogens with zero attached hydrogens (tertiary/aromatic N) is 5. The maximum absolute atomic E-state index is 15.6. The minimum absolute atomic E-state index is 0.0148. The van der Waals surface area contributed by atoms with Crippen molar-refractivity contribution < 1.29 is 18.0 Å². The number of anilines is 2. The molecule has 176 valence electrons. The van der Waals surface area contributed by atoms with E-state index in [2.05, 4.69) is 9.98 Å². The molecular formula is C24H23F3N6O.